The monoisotopic (exact) mass is 479 g/mol. The summed E-state index contributed by atoms with van der Waals surface area (Å²) in [6, 6.07) is 7.21. The molecule has 0 saturated carbocycles. The summed E-state index contributed by atoms with van der Waals surface area (Å²) in [7, 11) is 0. The van der Waals surface area contributed by atoms with Crippen molar-refractivity contribution in [1.82, 2.24) is 4.98 Å². The second-order valence-electron chi connectivity index (χ2n) is 5.38. The number of carboxylic acid groups (broad SMARTS) is 1. The molecule has 0 saturated heterocycles. The summed E-state index contributed by atoms with van der Waals surface area (Å²) in [6.07, 6.45) is 1.33. The number of carboxylic acids is 1. The van der Waals surface area contributed by atoms with Gasteiger partial charge in [0.15, 0.2) is 0 Å². The first-order valence-electron chi connectivity index (χ1n) is 7.22. The Labute approximate surface area is 184 Å². The first-order chi connectivity index (χ1) is 12.7. The molecular weight excluding hydrogens is 475 g/mol. The molecule has 0 radical (unpaired) electrons. The number of aromatic nitrogens is 1. The lowest BCUT2D eigenvalue weighted by atomic mass is 9.94. The molecule has 0 aliphatic carbocycles. The number of benzene rings is 2. The summed E-state index contributed by atoms with van der Waals surface area (Å²) in [5, 5.41) is 11.0. The van der Waals surface area contributed by atoms with Crippen LogP contribution in [0, 0.1) is 0 Å². The number of carbonyl (C=O) groups is 1. The van der Waals surface area contributed by atoms with E-state index in [1.54, 1.807) is 0 Å². The lowest BCUT2D eigenvalue weighted by Gasteiger charge is -2.17. The van der Waals surface area contributed by atoms with E-state index in [1.165, 1.54) is 36.5 Å². The van der Waals surface area contributed by atoms with Crippen molar-refractivity contribution in [3.8, 4) is 22.4 Å². The number of halogens is 6. The molecule has 3 aromatic rings. The number of rotatable bonds is 3. The van der Waals surface area contributed by atoms with Crippen LogP contribution in [0.2, 0.25) is 30.1 Å². The Hall–Kier alpha value is -1.20. The fraction of sp³-hybridized carbons (Fsp3) is 0. The highest BCUT2D eigenvalue weighted by Crippen LogP contribution is 2.46. The second kappa shape index (κ2) is 8.04. The molecule has 0 atom stereocenters. The van der Waals surface area contributed by atoms with Crippen LogP contribution in [-0.2, 0) is 0 Å². The van der Waals surface area contributed by atoms with E-state index in [0.29, 0.717) is 15.6 Å². The van der Waals surface area contributed by atoms with Gasteiger partial charge in [0.1, 0.15) is 0 Å². The standard InChI is InChI=1S/C18H7Cl6NO2/c19-7-3-10(21)15(11(22)4-7)14-9(18(26)27)1-2-25-17(14)16-12(23)5-8(20)6-13(16)24/h1-6H,(H,26,27). The quantitative estimate of drug-likeness (QED) is 0.412. The smallest absolute Gasteiger partial charge is 0.336 e. The summed E-state index contributed by atoms with van der Waals surface area (Å²) in [5.41, 5.74) is 0.858. The number of hydrogen-bond acceptors (Lipinski definition) is 2. The van der Waals surface area contributed by atoms with E-state index in [1.807, 2.05) is 0 Å². The van der Waals surface area contributed by atoms with Crippen molar-refractivity contribution in [3.63, 3.8) is 0 Å². The minimum Gasteiger partial charge on any atom is -0.478 e. The van der Waals surface area contributed by atoms with E-state index in [-0.39, 0.29) is 42.5 Å². The maximum absolute atomic E-state index is 11.9. The third kappa shape index (κ3) is 4.00. The summed E-state index contributed by atoms with van der Waals surface area (Å²) in [5.74, 6) is -1.20. The highest BCUT2D eigenvalue weighted by Gasteiger charge is 2.25. The van der Waals surface area contributed by atoms with Gasteiger partial charge in [-0.15, -0.1) is 0 Å². The number of hydrogen-bond donors (Lipinski definition) is 1. The van der Waals surface area contributed by atoms with Crippen LogP contribution >= 0.6 is 69.6 Å². The highest BCUT2D eigenvalue weighted by atomic mass is 35.5. The Morgan fingerprint density at radius 2 is 1.19 bits per heavy atom. The lowest BCUT2D eigenvalue weighted by Crippen LogP contribution is -2.04. The topological polar surface area (TPSA) is 50.2 Å². The third-order valence-electron chi connectivity index (χ3n) is 3.68. The van der Waals surface area contributed by atoms with Gasteiger partial charge in [0.05, 0.1) is 31.3 Å². The van der Waals surface area contributed by atoms with Crippen LogP contribution in [0.1, 0.15) is 10.4 Å². The Morgan fingerprint density at radius 3 is 1.63 bits per heavy atom. The van der Waals surface area contributed by atoms with Crippen LogP contribution in [0.4, 0.5) is 0 Å². The fourth-order valence-electron chi connectivity index (χ4n) is 2.63. The molecule has 0 bridgehead atoms. The molecule has 0 unspecified atom stereocenters. The van der Waals surface area contributed by atoms with E-state index < -0.39 is 5.97 Å². The molecule has 1 aromatic heterocycles. The van der Waals surface area contributed by atoms with E-state index in [0.717, 1.165) is 0 Å². The average Bonchev–Trinajstić information content (AvgIpc) is 2.53. The van der Waals surface area contributed by atoms with E-state index in [4.69, 9.17) is 69.6 Å². The van der Waals surface area contributed by atoms with Crippen LogP contribution < -0.4 is 0 Å². The van der Waals surface area contributed by atoms with Crippen LogP contribution in [0.5, 0.6) is 0 Å². The molecule has 1 heterocycles. The number of pyridine rings is 1. The first kappa shape index (κ1) is 20.5. The molecule has 0 fully saturated rings. The van der Waals surface area contributed by atoms with Crippen molar-refractivity contribution >= 4 is 75.6 Å². The van der Waals surface area contributed by atoms with Gasteiger partial charge in [-0.25, -0.2) is 4.79 Å². The van der Waals surface area contributed by atoms with Gasteiger partial charge in [-0.1, -0.05) is 69.6 Å². The summed E-state index contributed by atoms with van der Waals surface area (Å²) in [6.45, 7) is 0. The maximum Gasteiger partial charge on any atom is 0.336 e. The highest BCUT2D eigenvalue weighted by molar-refractivity contribution is 6.44. The minimum atomic E-state index is -1.20. The van der Waals surface area contributed by atoms with Gasteiger partial charge in [0, 0.05) is 32.9 Å². The number of aromatic carboxylic acids is 1. The third-order valence-corrected chi connectivity index (χ3v) is 5.31. The maximum atomic E-state index is 11.9. The number of nitrogens with zero attached hydrogens (tertiary/aromatic N) is 1. The summed E-state index contributed by atoms with van der Waals surface area (Å²) < 4.78 is 0. The van der Waals surface area contributed by atoms with Gasteiger partial charge in [-0.2, -0.15) is 0 Å². The van der Waals surface area contributed by atoms with Crippen molar-refractivity contribution in [1.29, 1.82) is 0 Å². The molecule has 3 rings (SSSR count). The summed E-state index contributed by atoms with van der Waals surface area (Å²) >= 11 is 37.3. The van der Waals surface area contributed by atoms with E-state index in [2.05, 4.69) is 4.98 Å². The normalized spacial score (nSPS) is 10.9. The van der Waals surface area contributed by atoms with Gasteiger partial charge in [-0.05, 0) is 30.3 Å². The SMILES string of the molecule is O=C(O)c1ccnc(-c2c(Cl)cc(Cl)cc2Cl)c1-c1c(Cl)cc(Cl)cc1Cl. The fourth-order valence-corrected chi connectivity index (χ4v) is 4.63. The van der Waals surface area contributed by atoms with Gasteiger partial charge < -0.3 is 5.11 Å². The van der Waals surface area contributed by atoms with Crippen molar-refractivity contribution in [2.24, 2.45) is 0 Å². The van der Waals surface area contributed by atoms with E-state index >= 15 is 0 Å². The van der Waals surface area contributed by atoms with Gasteiger partial charge in [0.25, 0.3) is 0 Å². The lowest BCUT2D eigenvalue weighted by molar-refractivity contribution is 0.0697. The second-order valence-corrected chi connectivity index (χ2v) is 7.88. The van der Waals surface area contributed by atoms with Crippen LogP contribution in [0.25, 0.3) is 22.4 Å². The zero-order chi connectivity index (χ0) is 19.9. The Morgan fingerprint density at radius 1 is 0.741 bits per heavy atom. The molecule has 0 amide bonds. The van der Waals surface area contributed by atoms with Crippen molar-refractivity contribution in [3.05, 3.63) is 72.2 Å². The molecule has 0 aliphatic heterocycles. The molecule has 1 N–H and O–H groups in total. The van der Waals surface area contributed by atoms with Gasteiger partial charge in [0.2, 0.25) is 0 Å². The molecule has 9 heteroatoms. The van der Waals surface area contributed by atoms with Crippen LogP contribution in [0.15, 0.2) is 36.5 Å². The minimum absolute atomic E-state index is 0.0757. The Balaban J connectivity index is 2.47. The molecule has 0 spiro atoms. The van der Waals surface area contributed by atoms with Crippen molar-refractivity contribution < 1.29 is 9.90 Å². The zero-order valence-electron chi connectivity index (χ0n) is 13.0. The predicted octanol–water partition coefficient (Wildman–Crippen LogP) is 8.03. The summed E-state index contributed by atoms with van der Waals surface area (Å²) in [4.78, 5) is 16.2. The molecule has 3 nitrogen and oxygen atoms in total. The van der Waals surface area contributed by atoms with Crippen molar-refractivity contribution in [2.45, 2.75) is 0 Å². The van der Waals surface area contributed by atoms with Crippen LogP contribution in [-0.4, -0.2) is 16.1 Å². The average molecular weight is 482 g/mol. The predicted molar refractivity (Wildman–Crippen MR) is 112 cm³/mol. The van der Waals surface area contributed by atoms with Crippen molar-refractivity contribution in [2.75, 3.05) is 0 Å². The van der Waals surface area contributed by atoms with Gasteiger partial charge in [-0.3, -0.25) is 4.98 Å². The van der Waals surface area contributed by atoms with Crippen LogP contribution in [0.3, 0.4) is 0 Å². The molecule has 0 aliphatic rings. The molecule has 138 valence electrons. The Kier molecular flexibility index (Phi) is 6.11. The zero-order valence-corrected chi connectivity index (χ0v) is 17.6. The largest absolute Gasteiger partial charge is 0.478 e. The Bertz CT molecular complexity index is 1040. The molecule has 2 aromatic carbocycles. The molecule has 27 heavy (non-hydrogen) atoms. The first-order valence-corrected chi connectivity index (χ1v) is 9.49. The van der Waals surface area contributed by atoms with E-state index in [9.17, 15) is 9.90 Å². The molecular formula is C18H7Cl6NO2. The van der Waals surface area contributed by atoms with Gasteiger partial charge >= 0.3 is 5.97 Å².